The molecule has 0 unspecified atom stereocenters. The lowest BCUT2D eigenvalue weighted by atomic mass is 9.92. The second kappa shape index (κ2) is 11.6. The number of nitrogens with one attached hydrogen (secondary N) is 3. The molecular weight excluding hydrogens is 453 g/mol. The molecule has 1 aliphatic heterocycles. The van der Waals surface area contributed by atoms with E-state index in [-0.39, 0.29) is 24.0 Å². The highest BCUT2D eigenvalue weighted by Crippen LogP contribution is 2.25. The number of piperidine rings is 1. The Kier molecular flexibility index (Phi) is 10.6. The Labute approximate surface area is 169 Å². The van der Waals surface area contributed by atoms with Crippen LogP contribution in [-0.2, 0) is 10.0 Å². The molecule has 1 saturated carbocycles. The lowest BCUT2D eigenvalue weighted by Gasteiger charge is -2.39. The zero-order chi connectivity index (χ0) is 17.4. The first-order valence-electron chi connectivity index (χ1n) is 9.14. The molecule has 2 fully saturated rings. The maximum atomic E-state index is 11.0. The van der Waals surface area contributed by atoms with Crippen molar-refractivity contribution >= 4 is 40.0 Å². The first kappa shape index (κ1) is 22.9. The van der Waals surface area contributed by atoms with Gasteiger partial charge in [-0.25, -0.2) is 13.1 Å². The van der Waals surface area contributed by atoms with E-state index in [9.17, 15) is 8.42 Å². The molecule has 1 aliphatic carbocycles. The second-order valence-corrected chi connectivity index (χ2v) is 8.74. The van der Waals surface area contributed by atoms with Gasteiger partial charge in [-0.1, -0.05) is 19.3 Å². The summed E-state index contributed by atoms with van der Waals surface area (Å²) in [6.45, 7) is 3.21. The third kappa shape index (κ3) is 8.87. The molecule has 1 saturated heterocycles. The van der Waals surface area contributed by atoms with Crippen LogP contribution in [0.2, 0.25) is 0 Å². The number of sulfonamides is 1. The molecule has 0 aromatic rings. The van der Waals surface area contributed by atoms with E-state index in [0.29, 0.717) is 19.1 Å². The van der Waals surface area contributed by atoms with Crippen LogP contribution >= 0.6 is 24.0 Å². The summed E-state index contributed by atoms with van der Waals surface area (Å²) in [7, 11) is -1.38. The molecule has 0 amide bonds. The molecule has 25 heavy (non-hydrogen) atoms. The smallest absolute Gasteiger partial charge is 0.208 e. The van der Waals surface area contributed by atoms with Crippen LogP contribution < -0.4 is 15.4 Å². The lowest BCUT2D eigenvalue weighted by Crippen LogP contribution is -2.51. The highest BCUT2D eigenvalue weighted by molar-refractivity contribution is 14.0. The van der Waals surface area contributed by atoms with Crippen molar-refractivity contribution in [3.05, 3.63) is 0 Å². The number of guanidine groups is 1. The van der Waals surface area contributed by atoms with Crippen molar-refractivity contribution in [3.63, 3.8) is 0 Å². The molecule has 3 N–H and O–H groups in total. The van der Waals surface area contributed by atoms with Crippen LogP contribution in [0, 0.1) is 0 Å². The molecule has 0 aromatic heterocycles. The summed E-state index contributed by atoms with van der Waals surface area (Å²) >= 11 is 0. The number of rotatable bonds is 6. The highest BCUT2D eigenvalue weighted by Gasteiger charge is 2.26. The van der Waals surface area contributed by atoms with E-state index in [1.807, 2.05) is 0 Å². The van der Waals surface area contributed by atoms with Crippen molar-refractivity contribution in [2.45, 2.75) is 57.0 Å². The average molecular weight is 487 g/mol. The topological polar surface area (TPSA) is 85.8 Å². The molecule has 0 bridgehead atoms. The Morgan fingerprint density at radius 2 is 1.72 bits per heavy atom. The van der Waals surface area contributed by atoms with Gasteiger partial charge in [0.2, 0.25) is 10.0 Å². The fraction of sp³-hybridized carbons (Fsp3) is 0.938. The quantitative estimate of drug-likeness (QED) is 0.226. The van der Waals surface area contributed by atoms with E-state index in [0.717, 1.165) is 37.9 Å². The van der Waals surface area contributed by atoms with Crippen molar-refractivity contribution < 1.29 is 8.42 Å². The Hall–Kier alpha value is -0.130. The summed E-state index contributed by atoms with van der Waals surface area (Å²) in [5.41, 5.74) is 0. The zero-order valence-corrected chi connectivity index (χ0v) is 18.6. The van der Waals surface area contributed by atoms with Gasteiger partial charge in [0.25, 0.3) is 0 Å². The van der Waals surface area contributed by atoms with Gasteiger partial charge in [0.05, 0.1) is 6.26 Å². The van der Waals surface area contributed by atoms with Gasteiger partial charge < -0.3 is 15.5 Å². The largest absolute Gasteiger partial charge is 0.355 e. The summed E-state index contributed by atoms with van der Waals surface area (Å²) in [5.74, 6) is 0.751. The van der Waals surface area contributed by atoms with Crippen LogP contribution in [0.3, 0.4) is 0 Å². The Balaban J connectivity index is 0.00000312. The maximum absolute atomic E-state index is 11.0. The zero-order valence-electron chi connectivity index (χ0n) is 15.5. The van der Waals surface area contributed by atoms with Crippen LogP contribution in [0.25, 0.3) is 0 Å². The number of nitrogens with zero attached hydrogens (tertiary/aromatic N) is 2. The van der Waals surface area contributed by atoms with Gasteiger partial charge in [0.15, 0.2) is 5.96 Å². The van der Waals surface area contributed by atoms with E-state index in [4.69, 9.17) is 0 Å². The maximum Gasteiger partial charge on any atom is 0.208 e. The molecule has 2 aliphatic rings. The summed E-state index contributed by atoms with van der Waals surface area (Å²) in [5, 5.41) is 6.62. The third-order valence-electron chi connectivity index (χ3n) is 4.97. The predicted molar refractivity (Wildman–Crippen MR) is 114 cm³/mol. The van der Waals surface area contributed by atoms with Crippen LogP contribution in [0.5, 0.6) is 0 Å². The first-order valence-corrected chi connectivity index (χ1v) is 11.0. The third-order valence-corrected chi connectivity index (χ3v) is 5.70. The van der Waals surface area contributed by atoms with E-state index in [1.54, 1.807) is 7.05 Å². The fourth-order valence-corrected chi connectivity index (χ4v) is 4.13. The van der Waals surface area contributed by atoms with Gasteiger partial charge >= 0.3 is 0 Å². The SMILES string of the molecule is CN=C(NCCNS(C)(=O)=O)NC1CCN(C2CCCCC2)CC1.I. The second-order valence-electron chi connectivity index (χ2n) is 6.91. The van der Waals surface area contributed by atoms with Crippen LogP contribution in [0.15, 0.2) is 4.99 Å². The molecule has 1 heterocycles. The van der Waals surface area contributed by atoms with E-state index < -0.39 is 10.0 Å². The fourth-order valence-electron chi connectivity index (χ4n) is 3.66. The minimum Gasteiger partial charge on any atom is -0.355 e. The molecule has 0 atom stereocenters. The van der Waals surface area contributed by atoms with Gasteiger partial charge in [-0.2, -0.15) is 0 Å². The molecule has 0 spiro atoms. The number of hydrogen-bond donors (Lipinski definition) is 3. The lowest BCUT2D eigenvalue weighted by molar-refractivity contribution is 0.119. The van der Waals surface area contributed by atoms with Crippen LogP contribution in [-0.4, -0.2) is 70.8 Å². The summed E-state index contributed by atoms with van der Waals surface area (Å²) in [6.07, 6.45) is 10.4. The summed E-state index contributed by atoms with van der Waals surface area (Å²) in [6, 6.07) is 1.25. The molecule has 9 heteroatoms. The average Bonchev–Trinajstić information content (AvgIpc) is 2.58. The Morgan fingerprint density at radius 3 is 2.28 bits per heavy atom. The van der Waals surface area contributed by atoms with Gasteiger partial charge in [0, 0.05) is 45.3 Å². The van der Waals surface area contributed by atoms with Crippen LogP contribution in [0.1, 0.15) is 44.9 Å². The highest BCUT2D eigenvalue weighted by atomic mass is 127. The number of halogens is 1. The van der Waals surface area contributed by atoms with Crippen molar-refractivity contribution in [1.29, 1.82) is 0 Å². The Morgan fingerprint density at radius 1 is 1.08 bits per heavy atom. The monoisotopic (exact) mass is 487 g/mol. The first-order chi connectivity index (χ1) is 11.5. The normalized spacial score (nSPS) is 21.6. The van der Waals surface area contributed by atoms with Crippen molar-refractivity contribution in [2.24, 2.45) is 4.99 Å². The van der Waals surface area contributed by atoms with Crippen LogP contribution in [0.4, 0.5) is 0 Å². The molecule has 148 valence electrons. The van der Waals surface area contributed by atoms with Gasteiger partial charge in [0.1, 0.15) is 0 Å². The molecule has 0 radical (unpaired) electrons. The van der Waals surface area contributed by atoms with Gasteiger partial charge in [-0.15, -0.1) is 24.0 Å². The Bertz CT molecular complexity index is 501. The van der Waals surface area contributed by atoms with Crippen molar-refractivity contribution in [1.82, 2.24) is 20.3 Å². The van der Waals surface area contributed by atoms with E-state index in [2.05, 4.69) is 25.2 Å². The van der Waals surface area contributed by atoms with E-state index in [1.165, 1.54) is 38.4 Å². The molecule has 2 rings (SSSR count). The summed E-state index contributed by atoms with van der Waals surface area (Å²) < 4.78 is 24.5. The number of hydrogen-bond acceptors (Lipinski definition) is 4. The minimum atomic E-state index is -3.13. The van der Waals surface area contributed by atoms with E-state index >= 15 is 0 Å². The standard InChI is InChI=1S/C16H33N5O2S.HI/c1-17-16(18-10-11-19-24(2,22)23)20-14-8-12-21(13-9-14)15-6-4-3-5-7-15;/h14-15,19H,3-13H2,1-2H3,(H2,17,18,20);1H. The van der Waals surface area contributed by atoms with Gasteiger partial charge in [-0.3, -0.25) is 4.99 Å². The molecular formula is C16H34IN5O2S. The van der Waals surface area contributed by atoms with Gasteiger partial charge in [-0.05, 0) is 25.7 Å². The summed E-state index contributed by atoms with van der Waals surface area (Å²) in [4.78, 5) is 6.90. The number of aliphatic imine (C=N–C) groups is 1. The predicted octanol–water partition coefficient (Wildman–Crippen LogP) is 1.12. The molecule has 0 aromatic carbocycles. The van der Waals surface area contributed by atoms with Crippen molar-refractivity contribution in [2.75, 3.05) is 39.5 Å². The molecule has 7 nitrogen and oxygen atoms in total. The minimum absolute atomic E-state index is 0. The number of likely N-dealkylation sites (tertiary alicyclic amines) is 1. The van der Waals surface area contributed by atoms with Crippen molar-refractivity contribution in [3.8, 4) is 0 Å².